The quantitative estimate of drug-likeness (QED) is 0.224. The number of esters is 1. The highest BCUT2D eigenvalue weighted by Gasteiger charge is 2.10. The van der Waals surface area contributed by atoms with Crippen molar-refractivity contribution >= 4 is 34.7 Å². The lowest BCUT2D eigenvalue weighted by Crippen LogP contribution is -2.25. The Hall–Kier alpha value is -4.39. The molecule has 4 rings (SSSR count). The largest absolute Gasteiger partial charge is 0.465 e. The molecule has 0 bridgehead atoms. The zero-order chi connectivity index (χ0) is 24.8. The van der Waals surface area contributed by atoms with Crippen molar-refractivity contribution < 1.29 is 14.3 Å². The molecule has 4 aromatic rings. The lowest BCUT2D eigenvalue weighted by atomic mass is 10.1. The Morgan fingerprint density at radius 1 is 1.00 bits per heavy atom. The lowest BCUT2D eigenvalue weighted by molar-refractivity contribution is -0.119. The number of carbonyl (C=O) groups is 2. The number of amides is 1. The third-order valence-electron chi connectivity index (χ3n) is 5.87. The smallest absolute Gasteiger partial charge is 0.337 e. The molecule has 0 aliphatic rings. The maximum Gasteiger partial charge on any atom is 0.337 e. The van der Waals surface area contributed by atoms with Crippen molar-refractivity contribution in [3.63, 3.8) is 0 Å². The number of ether oxygens (including phenoxy) is 1. The van der Waals surface area contributed by atoms with E-state index in [1.165, 1.54) is 18.2 Å². The number of carbonyl (C=O) groups excluding carboxylic acids is 2. The van der Waals surface area contributed by atoms with Gasteiger partial charge in [-0.25, -0.2) is 10.2 Å². The number of aryl methyl sites for hydroxylation is 2. The average Bonchev–Trinajstić information content (AvgIpc) is 3.21. The molecule has 0 aliphatic carbocycles. The minimum Gasteiger partial charge on any atom is -0.465 e. The van der Waals surface area contributed by atoms with Crippen LogP contribution in [0, 0.1) is 13.8 Å². The molecule has 1 heterocycles. The van der Waals surface area contributed by atoms with E-state index < -0.39 is 0 Å². The van der Waals surface area contributed by atoms with Crippen molar-refractivity contribution in [2.75, 3.05) is 19.0 Å². The number of rotatable bonds is 8. The third-order valence-corrected chi connectivity index (χ3v) is 5.87. The fourth-order valence-corrected chi connectivity index (χ4v) is 3.87. The van der Waals surface area contributed by atoms with E-state index in [1.54, 1.807) is 12.3 Å². The summed E-state index contributed by atoms with van der Waals surface area (Å²) in [4.78, 5) is 24.1. The molecule has 0 saturated carbocycles. The first-order valence-corrected chi connectivity index (χ1v) is 11.3. The fraction of sp³-hybridized carbons (Fsp3) is 0.179. The van der Waals surface area contributed by atoms with E-state index in [2.05, 4.69) is 27.3 Å². The molecular formula is C28H28N4O3. The van der Waals surface area contributed by atoms with Crippen LogP contribution in [0.2, 0.25) is 0 Å². The van der Waals surface area contributed by atoms with Crippen molar-refractivity contribution in [1.29, 1.82) is 0 Å². The second-order valence-corrected chi connectivity index (χ2v) is 8.37. The van der Waals surface area contributed by atoms with Crippen LogP contribution in [0.15, 0.2) is 78.0 Å². The predicted octanol–water partition coefficient (Wildman–Crippen LogP) is 4.66. The van der Waals surface area contributed by atoms with E-state index in [0.29, 0.717) is 12.1 Å². The van der Waals surface area contributed by atoms with Crippen LogP contribution in [-0.2, 0) is 16.1 Å². The van der Waals surface area contributed by atoms with Crippen LogP contribution < -0.4 is 10.7 Å². The van der Waals surface area contributed by atoms with Crippen molar-refractivity contribution in [3.05, 3.63) is 101 Å². The zero-order valence-corrected chi connectivity index (χ0v) is 20.0. The molecule has 0 aliphatic heterocycles. The molecule has 35 heavy (non-hydrogen) atoms. The van der Waals surface area contributed by atoms with Crippen LogP contribution in [0.3, 0.4) is 0 Å². The van der Waals surface area contributed by atoms with E-state index in [0.717, 1.165) is 27.7 Å². The molecule has 2 N–H and O–H groups in total. The summed E-state index contributed by atoms with van der Waals surface area (Å²) in [6, 6.07) is 21.4. The van der Waals surface area contributed by atoms with Crippen molar-refractivity contribution in [1.82, 2.24) is 9.99 Å². The van der Waals surface area contributed by atoms with Crippen molar-refractivity contribution in [3.8, 4) is 0 Å². The van der Waals surface area contributed by atoms with Gasteiger partial charge in [-0.15, -0.1) is 0 Å². The number of hydrogen-bond acceptors (Lipinski definition) is 5. The molecule has 0 spiro atoms. The van der Waals surface area contributed by atoms with Crippen LogP contribution in [0.5, 0.6) is 0 Å². The SMILES string of the molecule is COC(=O)c1cccc(Cn2cc(C=NNC(=O)CNc3ccc(C)c(C)c3)c3ccccc32)c1. The lowest BCUT2D eigenvalue weighted by Gasteiger charge is -2.07. The van der Waals surface area contributed by atoms with Crippen molar-refractivity contribution in [2.45, 2.75) is 20.4 Å². The Balaban J connectivity index is 1.44. The Kier molecular flexibility index (Phi) is 7.26. The Morgan fingerprint density at radius 2 is 1.83 bits per heavy atom. The molecule has 1 aromatic heterocycles. The predicted molar refractivity (Wildman–Crippen MR) is 139 cm³/mol. The number of benzene rings is 3. The summed E-state index contributed by atoms with van der Waals surface area (Å²) in [6.07, 6.45) is 3.64. The number of para-hydroxylation sites is 1. The van der Waals surface area contributed by atoms with Gasteiger partial charge in [-0.1, -0.05) is 36.4 Å². The zero-order valence-electron chi connectivity index (χ0n) is 20.0. The number of nitrogens with zero attached hydrogens (tertiary/aromatic N) is 2. The maximum absolute atomic E-state index is 12.2. The van der Waals surface area contributed by atoms with Gasteiger partial charge in [0, 0.05) is 34.9 Å². The summed E-state index contributed by atoms with van der Waals surface area (Å²) >= 11 is 0. The van der Waals surface area contributed by atoms with E-state index in [1.807, 2.05) is 73.8 Å². The molecule has 1 amide bonds. The molecule has 0 radical (unpaired) electrons. The molecular weight excluding hydrogens is 440 g/mol. The van der Waals surface area contributed by atoms with Gasteiger partial charge in [-0.05, 0) is 60.9 Å². The molecule has 0 saturated heterocycles. The highest BCUT2D eigenvalue weighted by Crippen LogP contribution is 2.22. The van der Waals surface area contributed by atoms with E-state index in [-0.39, 0.29) is 18.4 Å². The highest BCUT2D eigenvalue weighted by atomic mass is 16.5. The van der Waals surface area contributed by atoms with Gasteiger partial charge in [0.15, 0.2) is 0 Å². The summed E-state index contributed by atoms with van der Waals surface area (Å²) in [5.74, 6) is -0.595. The summed E-state index contributed by atoms with van der Waals surface area (Å²) in [5, 5.41) is 8.30. The van der Waals surface area contributed by atoms with Crippen LogP contribution in [0.25, 0.3) is 10.9 Å². The van der Waals surface area contributed by atoms with Crippen LogP contribution in [0.4, 0.5) is 5.69 Å². The van der Waals surface area contributed by atoms with E-state index in [9.17, 15) is 9.59 Å². The van der Waals surface area contributed by atoms with Crippen LogP contribution >= 0.6 is 0 Å². The monoisotopic (exact) mass is 468 g/mol. The molecule has 0 fully saturated rings. The van der Waals surface area contributed by atoms with Gasteiger partial charge < -0.3 is 14.6 Å². The number of fused-ring (bicyclic) bond motifs is 1. The molecule has 3 aromatic carbocycles. The maximum atomic E-state index is 12.2. The number of hydrogen-bond donors (Lipinski definition) is 2. The first-order valence-electron chi connectivity index (χ1n) is 11.3. The van der Waals surface area contributed by atoms with Gasteiger partial charge in [-0.3, -0.25) is 4.79 Å². The summed E-state index contributed by atoms with van der Waals surface area (Å²) in [7, 11) is 1.37. The van der Waals surface area contributed by atoms with Gasteiger partial charge in [0.25, 0.3) is 5.91 Å². The normalized spacial score (nSPS) is 11.1. The number of anilines is 1. The van der Waals surface area contributed by atoms with Gasteiger partial charge in [0.2, 0.25) is 0 Å². The minimum absolute atomic E-state index is 0.123. The standard InChI is InChI=1S/C28H28N4O3/c1-19-11-12-24(13-20(19)2)29-16-27(33)31-30-15-23-18-32(26-10-5-4-9-25(23)26)17-21-7-6-8-22(14-21)28(34)35-3/h4-15,18,29H,16-17H2,1-3H3,(H,31,33). The summed E-state index contributed by atoms with van der Waals surface area (Å²) < 4.78 is 6.92. The summed E-state index contributed by atoms with van der Waals surface area (Å²) in [6.45, 7) is 4.79. The molecule has 7 nitrogen and oxygen atoms in total. The minimum atomic E-state index is -0.361. The van der Waals surface area contributed by atoms with Crippen molar-refractivity contribution in [2.24, 2.45) is 5.10 Å². The van der Waals surface area contributed by atoms with Crippen LogP contribution in [0.1, 0.15) is 32.6 Å². The Labute approximate surface area is 204 Å². The van der Waals surface area contributed by atoms with E-state index in [4.69, 9.17) is 4.74 Å². The average molecular weight is 469 g/mol. The molecule has 178 valence electrons. The number of methoxy groups -OCH3 is 1. The number of aromatic nitrogens is 1. The second kappa shape index (κ2) is 10.7. The molecule has 0 unspecified atom stereocenters. The van der Waals surface area contributed by atoms with Crippen LogP contribution in [-0.4, -0.2) is 36.3 Å². The van der Waals surface area contributed by atoms with Gasteiger partial charge in [0.1, 0.15) is 0 Å². The van der Waals surface area contributed by atoms with Gasteiger partial charge >= 0.3 is 5.97 Å². The third kappa shape index (κ3) is 5.76. The van der Waals surface area contributed by atoms with Gasteiger partial charge in [-0.2, -0.15) is 5.10 Å². The Morgan fingerprint density at radius 3 is 2.63 bits per heavy atom. The number of hydrazone groups is 1. The second-order valence-electron chi connectivity index (χ2n) is 8.37. The highest BCUT2D eigenvalue weighted by molar-refractivity contribution is 5.99. The van der Waals surface area contributed by atoms with Gasteiger partial charge in [0.05, 0.1) is 25.4 Å². The first-order chi connectivity index (χ1) is 16.9. The molecule has 7 heteroatoms. The number of nitrogens with one attached hydrogen (secondary N) is 2. The topological polar surface area (TPSA) is 84.7 Å². The van der Waals surface area contributed by atoms with E-state index >= 15 is 0 Å². The fourth-order valence-electron chi connectivity index (χ4n) is 3.87. The summed E-state index contributed by atoms with van der Waals surface area (Å²) in [5.41, 5.74) is 9.26. The molecule has 0 atom stereocenters. The first kappa shape index (κ1) is 23.8. The Bertz CT molecular complexity index is 1400.